The number of carbonyl (C=O) groups excluding carboxylic acids is 2. The van der Waals surface area contributed by atoms with E-state index < -0.39 is 11.8 Å². The van der Waals surface area contributed by atoms with Gasteiger partial charge in [0, 0.05) is 11.1 Å². The van der Waals surface area contributed by atoms with E-state index in [1.807, 2.05) is 6.07 Å². The van der Waals surface area contributed by atoms with E-state index in [0.717, 1.165) is 0 Å². The van der Waals surface area contributed by atoms with Gasteiger partial charge in [-0.1, -0.05) is 54.6 Å². The smallest absolute Gasteiger partial charge is 0.282 e. The van der Waals surface area contributed by atoms with E-state index in [1.165, 1.54) is 17.2 Å². The zero-order valence-corrected chi connectivity index (χ0v) is 15.3. The molecular weight excluding hydrogens is 371 g/mol. The van der Waals surface area contributed by atoms with E-state index in [2.05, 4.69) is 5.43 Å². The molecule has 1 aliphatic rings. The van der Waals surface area contributed by atoms with Crippen molar-refractivity contribution in [3.63, 3.8) is 0 Å². The molecule has 0 aromatic heterocycles. The van der Waals surface area contributed by atoms with Gasteiger partial charge < -0.3 is 4.74 Å². The van der Waals surface area contributed by atoms with Gasteiger partial charge in [-0.05, 0) is 30.3 Å². The van der Waals surface area contributed by atoms with Gasteiger partial charge in [-0.25, -0.2) is 9.40 Å². The maximum absolute atomic E-state index is 13.8. The van der Waals surface area contributed by atoms with Crippen LogP contribution in [-0.4, -0.2) is 11.8 Å². The Kier molecular flexibility index (Phi) is 5.07. The predicted octanol–water partition coefficient (Wildman–Crippen LogP) is 3.87. The number of para-hydroxylation sites is 2. The SMILES string of the molecule is O=C1NN(c2ccccc2)C(=O)C1=Cc1ccccc1OCc1ccccc1F. The molecule has 6 heteroatoms. The maximum Gasteiger partial charge on any atom is 0.282 e. The van der Waals surface area contributed by atoms with Gasteiger partial charge in [-0.3, -0.25) is 15.0 Å². The first kappa shape index (κ1) is 18.4. The lowest BCUT2D eigenvalue weighted by Gasteiger charge is -2.14. The molecule has 1 aliphatic heterocycles. The molecule has 144 valence electrons. The van der Waals surface area contributed by atoms with Gasteiger partial charge in [0.25, 0.3) is 11.8 Å². The minimum atomic E-state index is -0.497. The lowest BCUT2D eigenvalue weighted by molar-refractivity contribution is -0.117. The first-order valence-electron chi connectivity index (χ1n) is 9.01. The van der Waals surface area contributed by atoms with E-state index >= 15 is 0 Å². The number of hydrogen-bond donors (Lipinski definition) is 1. The van der Waals surface area contributed by atoms with Crippen LogP contribution in [0, 0.1) is 5.82 Å². The second-order valence-corrected chi connectivity index (χ2v) is 6.39. The standard InChI is InChI=1S/C23H17FN2O3/c24-20-12-6-4-9-17(20)15-29-21-13-7-5-8-16(21)14-19-22(27)25-26(23(19)28)18-10-2-1-3-11-18/h1-14H,15H2,(H,25,27). The third kappa shape index (κ3) is 3.87. The highest BCUT2D eigenvalue weighted by molar-refractivity contribution is 6.31. The van der Waals surface area contributed by atoms with Gasteiger partial charge in [-0.15, -0.1) is 0 Å². The summed E-state index contributed by atoms with van der Waals surface area (Å²) in [4.78, 5) is 25.1. The Bertz CT molecular complexity index is 1100. The third-order valence-corrected chi connectivity index (χ3v) is 4.47. The Labute approximate surface area is 167 Å². The second kappa shape index (κ2) is 7.98. The number of nitrogens with one attached hydrogen (secondary N) is 1. The summed E-state index contributed by atoms with van der Waals surface area (Å²) in [6.45, 7) is 0.0309. The monoisotopic (exact) mass is 388 g/mol. The van der Waals surface area contributed by atoms with Crippen molar-refractivity contribution >= 4 is 23.6 Å². The summed E-state index contributed by atoms with van der Waals surface area (Å²) in [6, 6.07) is 22.2. The number of nitrogens with zero attached hydrogens (tertiary/aromatic N) is 1. The van der Waals surface area contributed by atoms with Crippen molar-refractivity contribution in [2.75, 3.05) is 5.01 Å². The van der Waals surface area contributed by atoms with Crippen molar-refractivity contribution in [3.8, 4) is 5.75 Å². The lowest BCUT2D eigenvalue weighted by Crippen LogP contribution is -2.35. The molecule has 1 fully saturated rings. The fourth-order valence-electron chi connectivity index (χ4n) is 2.97. The van der Waals surface area contributed by atoms with E-state index in [4.69, 9.17) is 4.74 Å². The molecule has 1 saturated heterocycles. The van der Waals surface area contributed by atoms with E-state index in [-0.39, 0.29) is 18.0 Å². The summed E-state index contributed by atoms with van der Waals surface area (Å²) >= 11 is 0. The molecule has 0 atom stereocenters. The molecule has 0 saturated carbocycles. The summed E-state index contributed by atoms with van der Waals surface area (Å²) in [5.74, 6) is -0.859. The molecule has 4 rings (SSSR count). The minimum Gasteiger partial charge on any atom is -0.488 e. The molecule has 3 aromatic rings. The first-order chi connectivity index (χ1) is 14.1. The van der Waals surface area contributed by atoms with Crippen LogP contribution in [0.5, 0.6) is 5.75 Å². The van der Waals surface area contributed by atoms with Gasteiger partial charge in [-0.2, -0.15) is 0 Å². The number of rotatable bonds is 5. The van der Waals surface area contributed by atoms with Crippen molar-refractivity contribution < 1.29 is 18.7 Å². The summed E-state index contributed by atoms with van der Waals surface area (Å²) in [7, 11) is 0. The van der Waals surface area contributed by atoms with E-state index in [9.17, 15) is 14.0 Å². The number of halogens is 1. The quantitative estimate of drug-likeness (QED) is 0.533. The highest BCUT2D eigenvalue weighted by atomic mass is 19.1. The average molecular weight is 388 g/mol. The van der Waals surface area contributed by atoms with E-state index in [0.29, 0.717) is 22.6 Å². The van der Waals surface area contributed by atoms with Crippen molar-refractivity contribution in [3.05, 3.63) is 101 Å². The molecule has 0 spiro atoms. The summed E-state index contributed by atoms with van der Waals surface area (Å²) < 4.78 is 19.6. The minimum absolute atomic E-state index is 0.00389. The third-order valence-electron chi connectivity index (χ3n) is 4.47. The van der Waals surface area contributed by atoms with Crippen LogP contribution in [0.2, 0.25) is 0 Å². The first-order valence-corrected chi connectivity index (χ1v) is 9.01. The molecule has 1 N–H and O–H groups in total. The second-order valence-electron chi connectivity index (χ2n) is 6.39. The average Bonchev–Trinajstić information content (AvgIpc) is 3.03. The molecule has 29 heavy (non-hydrogen) atoms. The molecule has 2 amide bonds. The fourth-order valence-corrected chi connectivity index (χ4v) is 2.97. The van der Waals surface area contributed by atoms with Crippen LogP contribution in [0.4, 0.5) is 10.1 Å². The lowest BCUT2D eigenvalue weighted by atomic mass is 10.1. The normalized spacial score (nSPS) is 14.9. The molecule has 5 nitrogen and oxygen atoms in total. The van der Waals surface area contributed by atoms with Crippen molar-refractivity contribution in [1.82, 2.24) is 5.43 Å². The molecule has 0 bridgehead atoms. The zero-order valence-electron chi connectivity index (χ0n) is 15.3. The highest BCUT2D eigenvalue weighted by Crippen LogP contribution is 2.26. The Morgan fingerprint density at radius 1 is 0.897 bits per heavy atom. The van der Waals surface area contributed by atoms with Crippen LogP contribution in [0.1, 0.15) is 11.1 Å². The summed E-state index contributed by atoms with van der Waals surface area (Å²) in [6.07, 6.45) is 1.48. The molecule has 0 aliphatic carbocycles. The number of hydrogen-bond acceptors (Lipinski definition) is 3. The largest absolute Gasteiger partial charge is 0.488 e. The van der Waals surface area contributed by atoms with Crippen LogP contribution >= 0.6 is 0 Å². The van der Waals surface area contributed by atoms with Crippen LogP contribution in [-0.2, 0) is 16.2 Å². The van der Waals surface area contributed by atoms with Crippen LogP contribution in [0.3, 0.4) is 0 Å². The Morgan fingerprint density at radius 3 is 2.38 bits per heavy atom. The van der Waals surface area contributed by atoms with Gasteiger partial charge in [0.15, 0.2) is 0 Å². The van der Waals surface area contributed by atoms with Crippen LogP contribution in [0.25, 0.3) is 6.08 Å². The number of ether oxygens (including phenoxy) is 1. The number of amides is 2. The topological polar surface area (TPSA) is 58.6 Å². The van der Waals surface area contributed by atoms with Crippen LogP contribution in [0.15, 0.2) is 84.4 Å². The van der Waals surface area contributed by atoms with Gasteiger partial charge >= 0.3 is 0 Å². The van der Waals surface area contributed by atoms with Gasteiger partial charge in [0.1, 0.15) is 23.7 Å². The summed E-state index contributed by atoms with van der Waals surface area (Å²) in [5, 5.41) is 1.21. The van der Waals surface area contributed by atoms with Gasteiger partial charge in [0.2, 0.25) is 0 Å². The van der Waals surface area contributed by atoms with Crippen molar-refractivity contribution in [1.29, 1.82) is 0 Å². The maximum atomic E-state index is 13.8. The van der Waals surface area contributed by atoms with Crippen molar-refractivity contribution in [2.24, 2.45) is 0 Å². The predicted molar refractivity (Wildman–Crippen MR) is 107 cm³/mol. The van der Waals surface area contributed by atoms with Crippen LogP contribution < -0.4 is 15.2 Å². The Hall–Kier alpha value is -3.93. The molecule has 0 radical (unpaired) electrons. The Morgan fingerprint density at radius 2 is 1.59 bits per heavy atom. The zero-order chi connectivity index (χ0) is 20.2. The van der Waals surface area contributed by atoms with Crippen molar-refractivity contribution in [2.45, 2.75) is 6.61 Å². The fraction of sp³-hybridized carbons (Fsp3) is 0.0435. The molecule has 0 unspecified atom stereocenters. The number of hydrazine groups is 1. The molecule has 3 aromatic carbocycles. The number of benzene rings is 3. The van der Waals surface area contributed by atoms with E-state index in [1.54, 1.807) is 66.7 Å². The number of anilines is 1. The van der Waals surface area contributed by atoms with Gasteiger partial charge in [0.05, 0.1) is 5.69 Å². The molecule has 1 heterocycles. The molecular formula is C23H17FN2O3. The highest BCUT2D eigenvalue weighted by Gasteiger charge is 2.34. The number of carbonyl (C=O) groups is 2. The summed E-state index contributed by atoms with van der Waals surface area (Å²) in [5.41, 5.74) is 4.09. The Balaban J connectivity index is 1.59.